The minimum absolute atomic E-state index is 0.116. The quantitative estimate of drug-likeness (QED) is 0.410. The van der Waals surface area contributed by atoms with E-state index in [2.05, 4.69) is 30.8 Å². The van der Waals surface area contributed by atoms with Crippen molar-refractivity contribution in [3.8, 4) is 0 Å². The molecule has 0 unspecified atom stereocenters. The van der Waals surface area contributed by atoms with Gasteiger partial charge in [-0.1, -0.05) is 0 Å². The summed E-state index contributed by atoms with van der Waals surface area (Å²) in [5.74, 6) is 0.878. The van der Waals surface area contributed by atoms with Crippen LogP contribution in [-0.4, -0.2) is 42.5 Å². The Balaban J connectivity index is 2.18. The number of aromatic nitrogens is 2. The molecule has 0 radical (unpaired) electrons. The number of hydrogen-bond donors (Lipinski definition) is 1. The number of nitrogens with zero attached hydrogens (tertiary/aromatic N) is 2. The summed E-state index contributed by atoms with van der Waals surface area (Å²) in [6, 6.07) is 0. The fraction of sp³-hybridized carbons (Fsp3) is 0.667. The summed E-state index contributed by atoms with van der Waals surface area (Å²) < 4.78 is 7.50. The Morgan fingerprint density at radius 1 is 1.63 bits per heavy atom. The molecule has 2 heterocycles. The van der Waals surface area contributed by atoms with Crippen LogP contribution in [0, 0.1) is 0 Å². The molecule has 1 aliphatic heterocycles. The van der Waals surface area contributed by atoms with Crippen LogP contribution < -0.4 is 0 Å². The van der Waals surface area contributed by atoms with Gasteiger partial charge in [0.1, 0.15) is 0 Å². The van der Waals surface area contributed by atoms with Crippen molar-refractivity contribution in [1.82, 2.24) is 14.9 Å². The van der Waals surface area contributed by atoms with Crippen molar-refractivity contribution < 1.29 is 9.53 Å². The molecule has 1 aromatic heterocycles. The fourth-order valence-electron chi connectivity index (χ4n) is 1.91. The number of ether oxygens (including phenoxy) is 1. The molecule has 7 heteroatoms. The number of rotatable bonds is 1. The van der Waals surface area contributed by atoms with E-state index in [-0.39, 0.29) is 10.1 Å². The maximum atomic E-state index is 12.3. The molecular formula is C12H19BrIN3O2. The van der Waals surface area contributed by atoms with Crippen LogP contribution >= 0.6 is 35.7 Å². The van der Waals surface area contributed by atoms with Crippen molar-refractivity contribution in [1.29, 1.82) is 0 Å². The van der Waals surface area contributed by atoms with Gasteiger partial charge in [-0.15, -0.1) is 0 Å². The number of H-pyrrole nitrogens is 1. The summed E-state index contributed by atoms with van der Waals surface area (Å²) >= 11 is 2.12. The molecule has 1 N–H and O–H groups in total. The van der Waals surface area contributed by atoms with E-state index < -0.39 is 25.4 Å². The van der Waals surface area contributed by atoms with E-state index in [0.29, 0.717) is 0 Å². The predicted molar refractivity (Wildman–Crippen MR) is 86.8 cm³/mol. The third-order valence-corrected chi connectivity index (χ3v) is 8.54. The van der Waals surface area contributed by atoms with Crippen molar-refractivity contribution in [2.75, 3.05) is 15.9 Å². The van der Waals surface area contributed by atoms with Gasteiger partial charge in [-0.25, -0.2) is 0 Å². The standard InChI is InChI=1S/C12H19BrIN3O2/c1-12(2,3)19-11(18)17-6-5-14(4)9(17)10-15-7-8(13)16-10/h7,9H,5-6H2,1-4H3,(H,15,16)/t9-/m1/s1. The van der Waals surface area contributed by atoms with Crippen LogP contribution in [0.3, 0.4) is 0 Å². The van der Waals surface area contributed by atoms with Gasteiger partial charge in [-0.2, -0.15) is 0 Å². The van der Waals surface area contributed by atoms with Crippen molar-refractivity contribution in [2.24, 2.45) is 0 Å². The Bertz CT molecular complexity index is 472. The Kier molecular flexibility index (Phi) is 4.44. The summed E-state index contributed by atoms with van der Waals surface area (Å²) in [4.78, 5) is 24.0. The van der Waals surface area contributed by atoms with Crippen molar-refractivity contribution in [2.45, 2.75) is 30.4 Å². The van der Waals surface area contributed by atoms with Crippen LogP contribution in [0.2, 0.25) is 0 Å². The number of nitrogens with one attached hydrogen (secondary N) is 1. The Labute approximate surface area is 129 Å². The van der Waals surface area contributed by atoms with E-state index in [9.17, 15) is 4.79 Å². The molecule has 108 valence electrons. The Morgan fingerprint density at radius 2 is 2.32 bits per heavy atom. The molecule has 0 bridgehead atoms. The number of carbonyl (C=O) groups is 1. The van der Waals surface area contributed by atoms with Crippen LogP contribution in [0.15, 0.2) is 10.8 Å². The second-order valence-electron chi connectivity index (χ2n) is 5.45. The van der Waals surface area contributed by atoms with E-state index in [1.807, 2.05) is 31.9 Å². The SMILES string of the molecule is CI1CCN(C(=O)OC(C)(C)C)[C@@H]1c1nc(Br)c[nH]1. The van der Waals surface area contributed by atoms with E-state index >= 15 is 0 Å². The van der Waals surface area contributed by atoms with E-state index in [1.165, 1.54) is 0 Å². The molecule has 1 saturated heterocycles. The van der Waals surface area contributed by atoms with E-state index in [4.69, 9.17) is 4.74 Å². The summed E-state index contributed by atoms with van der Waals surface area (Å²) in [5.41, 5.74) is -0.458. The van der Waals surface area contributed by atoms with Crippen LogP contribution in [0.1, 0.15) is 30.6 Å². The molecule has 0 aromatic carbocycles. The van der Waals surface area contributed by atoms with E-state index in [0.717, 1.165) is 21.4 Å². The number of alkyl halides is 3. The zero-order valence-corrected chi connectivity index (χ0v) is 15.3. The van der Waals surface area contributed by atoms with Crippen molar-refractivity contribution >= 4 is 41.8 Å². The van der Waals surface area contributed by atoms with Crippen LogP contribution in [-0.2, 0) is 4.74 Å². The predicted octanol–water partition coefficient (Wildman–Crippen LogP) is 3.56. The van der Waals surface area contributed by atoms with Crippen LogP contribution in [0.25, 0.3) is 0 Å². The molecular weight excluding hydrogens is 425 g/mol. The molecule has 19 heavy (non-hydrogen) atoms. The molecule has 0 aliphatic carbocycles. The maximum absolute atomic E-state index is 12.3. The van der Waals surface area contributed by atoms with Gasteiger partial charge in [0, 0.05) is 0 Å². The number of aromatic amines is 1. The van der Waals surface area contributed by atoms with Gasteiger partial charge < -0.3 is 0 Å². The third-order valence-electron chi connectivity index (χ3n) is 2.67. The number of halogens is 2. The average molecular weight is 444 g/mol. The molecule has 2 rings (SSSR count). The number of hydrogen-bond acceptors (Lipinski definition) is 3. The molecule has 0 saturated carbocycles. The van der Waals surface area contributed by atoms with Gasteiger partial charge in [0.15, 0.2) is 0 Å². The first kappa shape index (κ1) is 15.1. The molecule has 1 aliphatic rings. The molecule has 1 atom stereocenters. The van der Waals surface area contributed by atoms with Gasteiger partial charge in [0.25, 0.3) is 0 Å². The zero-order valence-electron chi connectivity index (χ0n) is 11.5. The summed E-state index contributed by atoms with van der Waals surface area (Å²) in [6.07, 6.45) is 1.58. The third kappa shape index (κ3) is 3.62. The number of amides is 1. The van der Waals surface area contributed by atoms with Gasteiger partial charge in [-0.3, -0.25) is 0 Å². The van der Waals surface area contributed by atoms with E-state index in [1.54, 1.807) is 0 Å². The number of imidazole rings is 1. The van der Waals surface area contributed by atoms with Crippen LogP contribution in [0.5, 0.6) is 0 Å². The van der Waals surface area contributed by atoms with Gasteiger partial charge in [0.05, 0.1) is 0 Å². The minimum atomic E-state index is -1.23. The Morgan fingerprint density at radius 3 is 2.84 bits per heavy atom. The topological polar surface area (TPSA) is 58.2 Å². The summed E-state index contributed by atoms with van der Waals surface area (Å²) in [7, 11) is 0. The molecule has 1 aromatic rings. The second kappa shape index (κ2) is 5.59. The molecule has 0 spiro atoms. The normalized spacial score (nSPS) is 21.8. The first-order valence-corrected chi connectivity index (χ1v) is 11.7. The molecule has 1 amide bonds. The fourth-order valence-corrected chi connectivity index (χ4v) is 7.06. The van der Waals surface area contributed by atoms with Gasteiger partial charge in [0.2, 0.25) is 0 Å². The van der Waals surface area contributed by atoms with Crippen molar-refractivity contribution in [3.05, 3.63) is 16.6 Å². The summed E-state index contributed by atoms with van der Waals surface area (Å²) in [6.45, 7) is 6.45. The van der Waals surface area contributed by atoms with Gasteiger partial charge >= 0.3 is 129 Å². The van der Waals surface area contributed by atoms with Crippen LogP contribution in [0.4, 0.5) is 4.79 Å². The molecule has 5 nitrogen and oxygen atoms in total. The van der Waals surface area contributed by atoms with Crippen molar-refractivity contribution in [3.63, 3.8) is 0 Å². The first-order valence-electron chi connectivity index (χ1n) is 6.03. The second-order valence-corrected chi connectivity index (χ2v) is 12.2. The zero-order chi connectivity index (χ0) is 14.2. The Hall–Kier alpha value is -0.310. The first-order chi connectivity index (χ1) is 8.78. The van der Waals surface area contributed by atoms with Gasteiger partial charge in [-0.05, 0) is 0 Å². The number of carbonyl (C=O) groups excluding carboxylic acids is 1. The monoisotopic (exact) mass is 443 g/mol. The average Bonchev–Trinajstić information content (AvgIpc) is 2.81. The molecule has 1 fully saturated rings. The summed E-state index contributed by atoms with van der Waals surface area (Å²) in [5, 5.41) is 0.